The lowest BCUT2D eigenvalue weighted by Gasteiger charge is -2.14. The van der Waals surface area contributed by atoms with Crippen LogP contribution in [0.2, 0.25) is 0 Å². The number of methoxy groups -OCH3 is 1. The first-order chi connectivity index (χ1) is 8.60. The Morgan fingerprint density at radius 2 is 2.00 bits per heavy atom. The minimum atomic E-state index is 0.793. The Bertz CT molecular complexity index is 552. The zero-order valence-corrected chi connectivity index (χ0v) is 12.2. The molecule has 18 heavy (non-hydrogen) atoms. The molecule has 1 aromatic heterocycles. The normalized spacial score (nSPS) is 10.2. The molecule has 2 rings (SSSR count). The van der Waals surface area contributed by atoms with E-state index in [0.29, 0.717) is 0 Å². The van der Waals surface area contributed by atoms with Gasteiger partial charge in [-0.3, -0.25) is 0 Å². The van der Waals surface area contributed by atoms with E-state index >= 15 is 0 Å². The molecule has 0 fully saturated rings. The summed E-state index contributed by atoms with van der Waals surface area (Å²) in [6, 6.07) is 8.01. The highest BCUT2D eigenvalue weighted by Crippen LogP contribution is 2.31. The fraction of sp³-hybridized carbons (Fsp3) is 0.214. The van der Waals surface area contributed by atoms with Crippen LogP contribution in [0.15, 0.2) is 34.9 Å². The number of aromatic nitrogens is 1. The summed E-state index contributed by atoms with van der Waals surface area (Å²) in [4.78, 5) is 4.29. The van der Waals surface area contributed by atoms with Gasteiger partial charge in [-0.15, -0.1) is 0 Å². The first kappa shape index (κ1) is 12.9. The predicted octanol–water partition coefficient (Wildman–Crippen LogP) is 4.21. The quantitative estimate of drug-likeness (QED) is 0.922. The molecule has 1 aromatic carbocycles. The standard InChI is InChI=1S/C14H15BrN2O/c1-9-6-10(2)14(18-3)12(7-9)17-13-5-4-11(15)8-16-13/h4-8H,1-3H3,(H,16,17). The number of aryl methyl sites for hydroxylation is 2. The molecule has 0 spiro atoms. The van der Waals surface area contributed by atoms with Crippen molar-refractivity contribution in [3.63, 3.8) is 0 Å². The van der Waals surface area contributed by atoms with Crippen LogP contribution < -0.4 is 10.1 Å². The van der Waals surface area contributed by atoms with Gasteiger partial charge in [-0.25, -0.2) is 4.98 Å². The second kappa shape index (κ2) is 5.40. The zero-order valence-electron chi connectivity index (χ0n) is 10.6. The number of benzene rings is 1. The number of anilines is 2. The Kier molecular flexibility index (Phi) is 3.87. The minimum absolute atomic E-state index is 0.793. The van der Waals surface area contributed by atoms with Gasteiger partial charge in [0.2, 0.25) is 0 Å². The topological polar surface area (TPSA) is 34.1 Å². The molecule has 0 aliphatic rings. The van der Waals surface area contributed by atoms with E-state index in [1.165, 1.54) is 5.56 Å². The number of ether oxygens (including phenoxy) is 1. The molecule has 0 atom stereocenters. The summed E-state index contributed by atoms with van der Waals surface area (Å²) in [5, 5.41) is 3.28. The SMILES string of the molecule is COc1c(C)cc(C)cc1Nc1ccc(Br)cn1. The number of nitrogens with zero attached hydrogens (tertiary/aromatic N) is 1. The first-order valence-electron chi connectivity index (χ1n) is 5.64. The smallest absolute Gasteiger partial charge is 0.145 e. The summed E-state index contributed by atoms with van der Waals surface area (Å²) in [6.07, 6.45) is 1.76. The Morgan fingerprint density at radius 3 is 2.61 bits per heavy atom. The van der Waals surface area contributed by atoms with Gasteiger partial charge in [0, 0.05) is 10.7 Å². The number of pyridine rings is 1. The Hall–Kier alpha value is -1.55. The lowest BCUT2D eigenvalue weighted by atomic mass is 10.1. The third-order valence-electron chi connectivity index (χ3n) is 2.61. The maximum Gasteiger partial charge on any atom is 0.145 e. The van der Waals surface area contributed by atoms with Crippen LogP contribution in [0.4, 0.5) is 11.5 Å². The van der Waals surface area contributed by atoms with Crippen LogP contribution in [0.3, 0.4) is 0 Å². The highest BCUT2D eigenvalue weighted by atomic mass is 79.9. The Morgan fingerprint density at radius 1 is 1.22 bits per heavy atom. The molecule has 0 aliphatic carbocycles. The summed E-state index contributed by atoms with van der Waals surface area (Å²) in [5.41, 5.74) is 3.23. The van der Waals surface area contributed by atoms with E-state index in [0.717, 1.165) is 27.3 Å². The van der Waals surface area contributed by atoms with Crippen LogP contribution in [0, 0.1) is 13.8 Å². The van der Waals surface area contributed by atoms with Gasteiger partial charge in [-0.2, -0.15) is 0 Å². The number of nitrogens with one attached hydrogen (secondary N) is 1. The van der Waals surface area contributed by atoms with Crippen LogP contribution >= 0.6 is 15.9 Å². The summed E-state index contributed by atoms with van der Waals surface area (Å²) < 4.78 is 6.39. The van der Waals surface area contributed by atoms with Crippen molar-refractivity contribution in [3.05, 3.63) is 46.1 Å². The molecule has 1 N–H and O–H groups in total. The summed E-state index contributed by atoms with van der Waals surface area (Å²) in [6.45, 7) is 4.10. The monoisotopic (exact) mass is 306 g/mol. The number of hydrogen-bond acceptors (Lipinski definition) is 3. The highest BCUT2D eigenvalue weighted by molar-refractivity contribution is 9.10. The molecular formula is C14H15BrN2O. The predicted molar refractivity (Wildman–Crippen MR) is 77.7 cm³/mol. The Labute approximate surface area is 115 Å². The van der Waals surface area contributed by atoms with Crippen LogP contribution in [0.5, 0.6) is 5.75 Å². The molecule has 2 aromatic rings. The molecule has 0 unspecified atom stereocenters. The van der Waals surface area contributed by atoms with E-state index in [1.807, 2.05) is 19.1 Å². The fourth-order valence-electron chi connectivity index (χ4n) is 1.91. The molecule has 4 heteroatoms. The molecule has 94 valence electrons. The van der Waals surface area contributed by atoms with Crippen LogP contribution in [-0.2, 0) is 0 Å². The summed E-state index contributed by atoms with van der Waals surface area (Å²) in [7, 11) is 1.68. The van der Waals surface area contributed by atoms with E-state index < -0.39 is 0 Å². The molecule has 0 saturated carbocycles. The molecule has 0 bridgehead atoms. The maximum atomic E-state index is 5.43. The summed E-state index contributed by atoms with van der Waals surface area (Å²) >= 11 is 3.37. The van der Waals surface area contributed by atoms with Crippen LogP contribution in [0.25, 0.3) is 0 Å². The van der Waals surface area contributed by atoms with Gasteiger partial charge in [0.15, 0.2) is 0 Å². The highest BCUT2D eigenvalue weighted by Gasteiger charge is 2.08. The van der Waals surface area contributed by atoms with Crippen LogP contribution in [-0.4, -0.2) is 12.1 Å². The lowest BCUT2D eigenvalue weighted by Crippen LogP contribution is -1.98. The minimum Gasteiger partial charge on any atom is -0.494 e. The molecule has 0 aliphatic heterocycles. The molecule has 3 nitrogen and oxygen atoms in total. The zero-order chi connectivity index (χ0) is 13.1. The van der Waals surface area contributed by atoms with E-state index in [9.17, 15) is 0 Å². The fourth-order valence-corrected chi connectivity index (χ4v) is 2.14. The lowest BCUT2D eigenvalue weighted by molar-refractivity contribution is 0.413. The van der Waals surface area contributed by atoms with Crippen molar-refractivity contribution >= 4 is 27.4 Å². The van der Waals surface area contributed by atoms with Gasteiger partial charge >= 0.3 is 0 Å². The maximum absolute atomic E-state index is 5.43. The number of halogens is 1. The van der Waals surface area contributed by atoms with Crippen molar-refractivity contribution in [2.75, 3.05) is 12.4 Å². The van der Waals surface area contributed by atoms with Gasteiger partial charge in [-0.1, -0.05) is 6.07 Å². The third kappa shape index (κ3) is 2.82. The molecule has 0 saturated heterocycles. The molecule has 0 amide bonds. The largest absolute Gasteiger partial charge is 0.494 e. The molecular weight excluding hydrogens is 292 g/mol. The van der Waals surface area contributed by atoms with E-state index in [1.54, 1.807) is 13.3 Å². The molecule has 1 heterocycles. The van der Waals surface area contributed by atoms with Crippen molar-refractivity contribution in [2.45, 2.75) is 13.8 Å². The average molecular weight is 307 g/mol. The number of rotatable bonds is 3. The second-order valence-corrected chi connectivity index (χ2v) is 5.06. The Balaban J connectivity index is 2.36. The third-order valence-corrected chi connectivity index (χ3v) is 3.08. The van der Waals surface area contributed by atoms with Gasteiger partial charge in [0.25, 0.3) is 0 Å². The van der Waals surface area contributed by atoms with Crippen molar-refractivity contribution in [2.24, 2.45) is 0 Å². The van der Waals surface area contributed by atoms with Crippen molar-refractivity contribution in [3.8, 4) is 5.75 Å². The van der Waals surface area contributed by atoms with Crippen molar-refractivity contribution in [1.29, 1.82) is 0 Å². The van der Waals surface area contributed by atoms with Crippen molar-refractivity contribution in [1.82, 2.24) is 4.98 Å². The average Bonchev–Trinajstić information content (AvgIpc) is 2.32. The van der Waals surface area contributed by atoms with E-state index in [-0.39, 0.29) is 0 Å². The first-order valence-corrected chi connectivity index (χ1v) is 6.43. The molecule has 0 radical (unpaired) electrons. The van der Waals surface area contributed by atoms with Crippen LogP contribution in [0.1, 0.15) is 11.1 Å². The van der Waals surface area contributed by atoms with Gasteiger partial charge in [-0.05, 0) is 59.1 Å². The summed E-state index contributed by atoms with van der Waals surface area (Å²) in [5.74, 6) is 1.65. The van der Waals surface area contributed by atoms with Gasteiger partial charge in [0.1, 0.15) is 11.6 Å². The van der Waals surface area contributed by atoms with Gasteiger partial charge < -0.3 is 10.1 Å². The second-order valence-electron chi connectivity index (χ2n) is 4.15. The van der Waals surface area contributed by atoms with Gasteiger partial charge in [0.05, 0.1) is 12.8 Å². The van der Waals surface area contributed by atoms with Crippen molar-refractivity contribution < 1.29 is 4.74 Å². The number of hydrogen-bond donors (Lipinski definition) is 1. The van der Waals surface area contributed by atoms with E-state index in [2.05, 4.69) is 45.3 Å². The van der Waals surface area contributed by atoms with E-state index in [4.69, 9.17) is 4.74 Å².